The first-order chi connectivity index (χ1) is 8.38. The van der Waals surface area contributed by atoms with Crippen LogP contribution in [0.1, 0.15) is 0 Å². The summed E-state index contributed by atoms with van der Waals surface area (Å²) in [5.41, 5.74) is 5.17. The van der Waals surface area contributed by atoms with Gasteiger partial charge in [-0.25, -0.2) is 15.5 Å². The van der Waals surface area contributed by atoms with Crippen LogP contribution >= 0.6 is 0 Å². The lowest BCUT2D eigenvalue weighted by molar-refractivity contribution is 0.822. The van der Waals surface area contributed by atoms with E-state index in [9.17, 15) is 0 Å². The maximum Gasteiger partial charge on any atom is 0.142 e. The van der Waals surface area contributed by atoms with Gasteiger partial charge in [-0.05, 0) is 18.2 Å². The van der Waals surface area contributed by atoms with Gasteiger partial charge in [-0.1, -0.05) is 17.3 Å². The molecule has 0 aliphatic heterocycles. The van der Waals surface area contributed by atoms with E-state index in [2.05, 4.69) is 20.7 Å². The molecule has 17 heavy (non-hydrogen) atoms. The molecule has 0 bridgehead atoms. The van der Waals surface area contributed by atoms with Crippen molar-refractivity contribution in [1.82, 2.24) is 20.0 Å². The minimum absolute atomic E-state index is 0.585. The third kappa shape index (κ3) is 1.60. The first-order valence-electron chi connectivity index (χ1n) is 5.12. The molecule has 3 aromatic rings. The number of aromatic nitrogens is 4. The Hall–Kier alpha value is -2.47. The van der Waals surface area contributed by atoms with Gasteiger partial charge in [0.25, 0.3) is 0 Å². The van der Waals surface area contributed by atoms with Crippen LogP contribution in [-0.4, -0.2) is 20.0 Å². The van der Waals surface area contributed by atoms with Crippen LogP contribution in [0.2, 0.25) is 0 Å². The highest BCUT2D eigenvalue weighted by Crippen LogP contribution is 2.16. The van der Waals surface area contributed by atoms with Crippen LogP contribution in [0, 0.1) is 0 Å². The Bertz CT molecular complexity index is 660. The normalized spacial score (nSPS) is 10.6. The Morgan fingerprint density at radius 1 is 1.18 bits per heavy atom. The summed E-state index contributed by atoms with van der Waals surface area (Å²) in [6.45, 7) is 0. The van der Waals surface area contributed by atoms with E-state index >= 15 is 0 Å². The van der Waals surface area contributed by atoms with Crippen molar-refractivity contribution in [3.8, 4) is 5.69 Å². The summed E-state index contributed by atoms with van der Waals surface area (Å²) >= 11 is 0. The maximum absolute atomic E-state index is 5.33. The molecule has 0 aliphatic carbocycles. The van der Waals surface area contributed by atoms with E-state index in [1.165, 1.54) is 0 Å². The Morgan fingerprint density at radius 2 is 2.06 bits per heavy atom. The fourth-order valence-electron chi connectivity index (χ4n) is 1.69. The van der Waals surface area contributed by atoms with E-state index in [-0.39, 0.29) is 0 Å². The second kappa shape index (κ2) is 3.84. The summed E-state index contributed by atoms with van der Waals surface area (Å²) < 4.78 is 1.75. The summed E-state index contributed by atoms with van der Waals surface area (Å²) in [5, 5.41) is 8.20. The first-order valence-corrected chi connectivity index (χ1v) is 5.12. The van der Waals surface area contributed by atoms with E-state index in [4.69, 9.17) is 5.84 Å². The van der Waals surface area contributed by atoms with Gasteiger partial charge in [0.1, 0.15) is 11.3 Å². The monoisotopic (exact) mass is 226 g/mol. The molecule has 0 amide bonds. The van der Waals surface area contributed by atoms with E-state index in [1.54, 1.807) is 16.9 Å². The SMILES string of the molecule is NNc1cc(-n2nnc3ccccc32)ccn1. The summed E-state index contributed by atoms with van der Waals surface area (Å²) in [5.74, 6) is 5.91. The van der Waals surface area contributed by atoms with Crippen molar-refractivity contribution in [2.24, 2.45) is 5.84 Å². The molecular weight excluding hydrogens is 216 g/mol. The number of rotatable bonds is 2. The molecule has 0 fully saturated rings. The number of fused-ring (bicyclic) bond motifs is 1. The first kappa shape index (κ1) is 9.73. The molecule has 0 aliphatic rings. The molecule has 3 N–H and O–H groups in total. The smallest absolute Gasteiger partial charge is 0.142 e. The van der Waals surface area contributed by atoms with Crippen molar-refractivity contribution in [2.45, 2.75) is 0 Å². The minimum atomic E-state index is 0.585. The maximum atomic E-state index is 5.33. The van der Waals surface area contributed by atoms with E-state index in [1.807, 2.05) is 30.3 Å². The summed E-state index contributed by atoms with van der Waals surface area (Å²) in [4.78, 5) is 4.05. The second-order valence-corrected chi connectivity index (χ2v) is 3.53. The van der Waals surface area contributed by atoms with E-state index in [0.29, 0.717) is 5.82 Å². The Labute approximate surface area is 97.0 Å². The van der Waals surface area contributed by atoms with Crippen LogP contribution in [0.5, 0.6) is 0 Å². The highest BCUT2D eigenvalue weighted by atomic mass is 15.4. The van der Waals surface area contributed by atoms with Gasteiger partial charge in [0.2, 0.25) is 0 Å². The fourth-order valence-corrected chi connectivity index (χ4v) is 1.69. The van der Waals surface area contributed by atoms with Crippen molar-refractivity contribution in [2.75, 3.05) is 5.43 Å². The van der Waals surface area contributed by atoms with Gasteiger partial charge < -0.3 is 5.43 Å². The average Bonchev–Trinajstić information content (AvgIpc) is 2.82. The van der Waals surface area contributed by atoms with Crippen molar-refractivity contribution < 1.29 is 0 Å². The molecule has 0 saturated carbocycles. The van der Waals surface area contributed by atoms with Gasteiger partial charge >= 0.3 is 0 Å². The lowest BCUT2D eigenvalue weighted by Crippen LogP contribution is -2.09. The number of hydrogen-bond acceptors (Lipinski definition) is 5. The Balaban J connectivity index is 2.20. The Morgan fingerprint density at radius 3 is 2.94 bits per heavy atom. The largest absolute Gasteiger partial charge is 0.308 e. The number of pyridine rings is 1. The number of nitrogens with zero attached hydrogens (tertiary/aromatic N) is 4. The molecule has 0 unspecified atom stereocenters. The molecule has 2 heterocycles. The number of para-hydroxylation sites is 1. The number of hydrazine groups is 1. The van der Waals surface area contributed by atoms with Crippen molar-refractivity contribution >= 4 is 16.9 Å². The summed E-state index contributed by atoms with van der Waals surface area (Å²) in [6, 6.07) is 11.4. The number of benzene rings is 1. The van der Waals surface area contributed by atoms with Crippen LogP contribution in [0.3, 0.4) is 0 Å². The molecule has 0 radical (unpaired) electrons. The lowest BCUT2D eigenvalue weighted by atomic mass is 10.3. The molecule has 84 valence electrons. The summed E-state index contributed by atoms with van der Waals surface area (Å²) in [7, 11) is 0. The van der Waals surface area contributed by atoms with Gasteiger partial charge in [0.15, 0.2) is 0 Å². The molecule has 3 rings (SSSR count). The zero-order valence-electron chi connectivity index (χ0n) is 8.91. The van der Waals surface area contributed by atoms with Crippen LogP contribution in [0.15, 0.2) is 42.6 Å². The highest BCUT2D eigenvalue weighted by molar-refractivity contribution is 5.76. The van der Waals surface area contributed by atoms with E-state index < -0.39 is 0 Å². The van der Waals surface area contributed by atoms with Gasteiger partial charge in [0, 0.05) is 12.3 Å². The molecular formula is C11H10N6. The number of hydrogen-bond donors (Lipinski definition) is 2. The quantitative estimate of drug-likeness (QED) is 0.505. The molecule has 0 spiro atoms. The van der Waals surface area contributed by atoms with Gasteiger partial charge in [-0.15, -0.1) is 5.10 Å². The third-order valence-corrected chi connectivity index (χ3v) is 2.49. The average molecular weight is 226 g/mol. The molecule has 0 atom stereocenters. The van der Waals surface area contributed by atoms with Crippen LogP contribution in [0.25, 0.3) is 16.7 Å². The lowest BCUT2D eigenvalue weighted by Gasteiger charge is -2.03. The van der Waals surface area contributed by atoms with Crippen LogP contribution < -0.4 is 11.3 Å². The number of nitrogens with one attached hydrogen (secondary N) is 1. The zero-order chi connectivity index (χ0) is 11.7. The number of anilines is 1. The second-order valence-electron chi connectivity index (χ2n) is 3.53. The predicted octanol–water partition coefficient (Wildman–Crippen LogP) is 1.10. The van der Waals surface area contributed by atoms with Crippen molar-refractivity contribution in [3.63, 3.8) is 0 Å². The molecule has 6 heteroatoms. The number of nitrogen functional groups attached to an aromatic ring is 1. The van der Waals surface area contributed by atoms with Crippen molar-refractivity contribution in [3.05, 3.63) is 42.6 Å². The molecule has 6 nitrogen and oxygen atoms in total. The zero-order valence-corrected chi connectivity index (χ0v) is 8.91. The summed E-state index contributed by atoms with van der Waals surface area (Å²) in [6.07, 6.45) is 1.67. The highest BCUT2D eigenvalue weighted by Gasteiger charge is 2.05. The van der Waals surface area contributed by atoms with Crippen LogP contribution in [-0.2, 0) is 0 Å². The number of nitrogens with two attached hydrogens (primary N) is 1. The standard InChI is InChI=1S/C11H10N6/c12-14-11-7-8(5-6-13-11)17-10-4-2-1-3-9(10)15-16-17/h1-7H,12H2,(H,13,14). The van der Waals surface area contributed by atoms with Gasteiger partial charge in [0.05, 0.1) is 11.2 Å². The van der Waals surface area contributed by atoms with Gasteiger partial charge in [-0.3, -0.25) is 0 Å². The van der Waals surface area contributed by atoms with Gasteiger partial charge in [-0.2, -0.15) is 0 Å². The topological polar surface area (TPSA) is 81.6 Å². The minimum Gasteiger partial charge on any atom is -0.308 e. The fraction of sp³-hybridized carbons (Fsp3) is 0. The predicted molar refractivity (Wildman–Crippen MR) is 64.5 cm³/mol. The van der Waals surface area contributed by atoms with Crippen molar-refractivity contribution in [1.29, 1.82) is 0 Å². The van der Waals surface area contributed by atoms with E-state index in [0.717, 1.165) is 16.7 Å². The van der Waals surface area contributed by atoms with Crippen LogP contribution in [0.4, 0.5) is 5.82 Å². The third-order valence-electron chi connectivity index (χ3n) is 2.49. The molecule has 0 saturated heterocycles. The molecule has 2 aromatic heterocycles. The Kier molecular flexibility index (Phi) is 2.20. The molecule has 1 aromatic carbocycles.